The molecule has 1 aliphatic heterocycles. The highest BCUT2D eigenvalue weighted by atomic mass is 16.1. The average molecular weight is 325 g/mol. The molecule has 1 amide bonds. The zero-order valence-electron chi connectivity index (χ0n) is 13.4. The third kappa shape index (κ3) is 2.22. The van der Waals surface area contributed by atoms with E-state index in [0.717, 1.165) is 44.5 Å². The average Bonchev–Trinajstić information content (AvgIpc) is 3.25. The second-order valence-corrected chi connectivity index (χ2v) is 6.22. The van der Waals surface area contributed by atoms with E-state index in [1.807, 2.05) is 42.6 Å². The van der Waals surface area contributed by atoms with Gasteiger partial charge in [-0.05, 0) is 35.4 Å². The maximum atomic E-state index is 11.7. The van der Waals surface area contributed by atoms with Gasteiger partial charge >= 0.3 is 0 Å². The van der Waals surface area contributed by atoms with Crippen LogP contribution < -0.4 is 5.32 Å². The summed E-state index contributed by atoms with van der Waals surface area (Å²) in [6.07, 6.45) is 1.98. The third-order valence-corrected chi connectivity index (χ3v) is 4.71. The van der Waals surface area contributed by atoms with Gasteiger partial charge < -0.3 is 10.3 Å². The largest absolute Gasteiger partial charge is 0.348 e. The lowest BCUT2D eigenvalue weighted by molar-refractivity contribution is 0.0966. The number of rotatable bonds is 2. The molecule has 2 N–H and O–H groups in total. The number of benzene rings is 2. The van der Waals surface area contributed by atoms with Gasteiger partial charge in [-0.2, -0.15) is 0 Å². The fourth-order valence-corrected chi connectivity index (χ4v) is 3.41. The molecule has 0 aliphatic carbocycles. The van der Waals surface area contributed by atoms with E-state index in [9.17, 15) is 4.79 Å². The van der Waals surface area contributed by atoms with Gasteiger partial charge in [0.1, 0.15) is 5.65 Å². The summed E-state index contributed by atoms with van der Waals surface area (Å²) in [5, 5.41) is 3.94. The number of amides is 1. The molecule has 4 nitrogen and oxygen atoms in total. The molecule has 0 saturated heterocycles. The van der Waals surface area contributed by atoms with Gasteiger partial charge in [-0.25, -0.2) is 4.98 Å². The number of hydrogen-bond donors (Lipinski definition) is 2. The number of nitrogens with one attached hydrogen (secondary N) is 2. The number of nitrogens with zero attached hydrogens (tertiary/aromatic N) is 1. The van der Waals surface area contributed by atoms with E-state index in [1.54, 1.807) is 0 Å². The molecule has 0 fully saturated rings. The van der Waals surface area contributed by atoms with Crippen LogP contribution in [0.2, 0.25) is 0 Å². The van der Waals surface area contributed by atoms with Gasteiger partial charge in [-0.3, -0.25) is 4.79 Å². The molecule has 0 saturated carbocycles. The second kappa shape index (κ2) is 5.31. The molecule has 0 bridgehead atoms. The molecule has 120 valence electrons. The van der Waals surface area contributed by atoms with Crippen LogP contribution in [0.15, 0.2) is 66.9 Å². The Balaban J connectivity index is 1.60. The Morgan fingerprint density at radius 2 is 1.76 bits per heavy atom. The molecule has 0 spiro atoms. The van der Waals surface area contributed by atoms with Crippen molar-refractivity contribution in [2.45, 2.75) is 6.54 Å². The van der Waals surface area contributed by atoms with Crippen LogP contribution in [0, 0.1) is 0 Å². The minimum Gasteiger partial charge on any atom is -0.348 e. The molecule has 4 aromatic rings. The summed E-state index contributed by atoms with van der Waals surface area (Å²) in [5.74, 6) is 0.00893. The van der Waals surface area contributed by atoms with Crippen molar-refractivity contribution in [1.82, 2.24) is 15.3 Å². The van der Waals surface area contributed by atoms with Crippen molar-refractivity contribution in [3.05, 3.63) is 78.0 Å². The highest BCUT2D eigenvalue weighted by Crippen LogP contribution is 2.31. The Labute approximate surface area is 144 Å². The third-order valence-electron chi connectivity index (χ3n) is 4.71. The topological polar surface area (TPSA) is 57.8 Å². The van der Waals surface area contributed by atoms with Gasteiger partial charge in [0.15, 0.2) is 0 Å². The molecular weight excluding hydrogens is 310 g/mol. The van der Waals surface area contributed by atoms with Gasteiger partial charge in [0.05, 0.1) is 5.69 Å². The van der Waals surface area contributed by atoms with Gasteiger partial charge in [-0.15, -0.1) is 0 Å². The summed E-state index contributed by atoms with van der Waals surface area (Å²) in [5.41, 5.74) is 6.93. The van der Waals surface area contributed by atoms with Crippen molar-refractivity contribution in [1.29, 1.82) is 0 Å². The molecule has 1 aliphatic rings. The molecule has 2 aromatic carbocycles. The van der Waals surface area contributed by atoms with Crippen molar-refractivity contribution in [3.63, 3.8) is 0 Å². The Hall–Kier alpha value is -3.40. The number of aromatic amines is 1. The van der Waals surface area contributed by atoms with Crippen molar-refractivity contribution in [2.24, 2.45) is 0 Å². The Kier molecular flexibility index (Phi) is 2.97. The summed E-state index contributed by atoms with van der Waals surface area (Å²) in [7, 11) is 0. The molecule has 2 aromatic heterocycles. The summed E-state index contributed by atoms with van der Waals surface area (Å²) in [4.78, 5) is 19.8. The van der Waals surface area contributed by atoms with Crippen LogP contribution in [-0.2, 0) is 6.54 Å². The number of pyridine rings is 1. The summed E-state index contributed by atoms with van der Waals surface area (Å²) >= 11 is 0. The smallest absolute Gasteiger partial charge is 0.251 e. The number of carbonyl (C=O) groups is 1. The van der Waals surface area contributed by atoms with E-state index >= 15 is 0 Å². The zero-order chi connectivity index (χ0) is 16.8. The maximum Gasteiger partial charge on any atom is 0.251 e. The van der Waals surface area contributed by atoms with Crippen LogP contribution in [0.4, 0.5) is 0 Å². The predicted molar refractivity (Wildman–Crippen MR) is 98.1 cm³/mol. The van der Waals surface area contributed by atoms with E-state index < -0.39 is 0 Å². The first kappa shape index (κ1) is 14.0. The van der Waals surface area contributed by atoms with E-state index in [0.29, 0.717) is 6.54 Å². The maximum absolute atomic E-state index is 11.7. The van der Waals surface area contributed by atoms with Crippen molar-refractivity contribution >= 4 is 16.9 Å². The second-order valence-electron chi connectivity index (χ2n) is 6.22. The quantitative estimate of drug-likeness (QED) is 0.582. The van der Waals surface area contributed by atoms with E-state index in [1.165, 1.54) is 0 Å². The van der Waals surface area contributed by atoms with Gasteiger partial charge in [0.2, 0.25) is 0 Å². The lowest BCUT2D eigenvalue weighted by atomic mass is 10.0. The number of carbonyl (C=O) groups excluding carboxylic acids is 1. The van der Waals surface area contributed by atoms with Crippen LogP contribution in [0.1, 0.15) is 15.9 Å². The van der Waals surface area contributed by atoms with Crippen LogP contribution >= 0.6 is 0 Å². The molecule has 0 unspecified atom stereocenters. The lowest BCUT2D eigenvalue weighted by Gasteiger charge is -2.04. The van der Waals surface area contributed by atoms with E-state index in [-0.39, 0.29) is 5.91 Å². The minimum absolute atomic E-state index is 0.00893. The van der Waals surface area contributed by atoms with Gasteiger partial charge in [-0.1, -0.05) is 36.4 Å². The van der Waals surface area contributed by atoms with Crippen molar-refractivity contribution < 1.29 is 4.79 Å². The number of aromatic nitrogens is 2. The number of fused-ring (bicyclic) bond motifs is 2. The number of hydrogen-bond acceptors (Lipinski definition) is 2. The molecule has 5 rings (SSSR count). The summed E-state index contributed by atoms with van der Waals surface area (Å²) in [6, 6.07) is 20.3. The zero-order valence-corrected chi connectivity index (χ0v) is 13.4. The van der Waals surface area contributed by atoms with Crippen molar-refractivity contribution in [3.8, 4) is 22.4 Å². The first-order chi connectivity index (χ1) is 12.3. The molecule has 3 heterocycles. The standard InChI is InChI=1S/C21H15N3O/c25-21-16-7-6-14(10-15(16)11-23-21)18-12-22-20-17(18)8-9-19(24-20)13-4-2-1-3-5-13/h1-10,12H,11H2,(H,22,24)(H,23,25). The minimum atomic E-state index is 0.00893. The number of H-pyrrole nitrogens is 1. The SMILES string of the molecule is O=C1NCc2cc(-c3c[nH]c4nc(-c5ccccc5)ccc34)ccc21. The first-order valence-electron chi connectivity index (χ1n) is 8.25. The molecule has 4 heteroatoms. The summed E-state index contributed by atoms with van der Waals surface area (Å²) in [6.45, 7) is 0.598. The highest BCUT2D eigenvalue weighted by molar-refractivity contribution is 6.00. The van der Waals surface area contributed by atoms with Crippen LogP contribution in [0.5, 0.6) is 0 Å². The fraction of sp³-hybridized carbons (Fsp3) is 0.0476. The highest BCUT2D eigenvalue weighted by Gasteiger charge is 2.19. The van der Waals surface area contributed by atoms with Crippen LogP contribution in [0.3, 0.4) is 0 Å². The van der Waals surface area contributed by atoms with E-state index in [4.69, 9.17) is 4.98 Å². The van der Waals surface area contributed by atoms with Crippen LogP contribution in [-0.4, -0.2) is 15.9 Å². The first-order valence-corrected chi connectivity index (χ1v) is 8.25. The monoisotopic (exact) mass is 325 g/mol. The van der Waals surface area contributed by atoms with Gasteiger partial charge in [0, 0.05) is 34.8 Å². The summed E-state index contributed by atoms with van der Waals surface area (Å²) < 4.78 is 0. The Morgan fingerprint density at radius 1 is 0.880 bits per heavy atom. The molecular formula is C21H15N3O. The van der Waals surface area contributed by atoms with Crippen LogP contribution in [0.25, 0.3) is 33.4 Å². The van der Waals surface area contributed by atoms with E-state index in [2.05, 4.69) is 34.6 Å². The fourth-order valence-electron chi connectivity index (χ4n) is 3.41. The molecule has 0 atom stereocenters. The van der Waals surface area contributed by atoms with Crippen molar-refractivity contribution in [2.75, 3.05) is 0 Å². The normalized spacial score (nSPS) is 13.0. The molecule has 25 heavy (non-hydrogen) atoms. The predicted octanol–water partition coefficient (Wildman–Crippen LogP) is 4.14. The lowest BCUT2D eigenvalue weighted by Crippen LogP contribution is -2.12. The Bertz CT molecular complexity index is 1110. The van der Waals surface area contributed by atoms with Gasteiger partial charge in [0.25, 0.3) is 5.91 Å². The molecule has 0 radical (unpaired) electrons. The Morgan fingerprint density at radius 3 is 2.64 bits per heavy atom.